The zero-order valence-corrected chi connectivity index (χ0v) is 19.1. The van der Waals surface area contributed by atoms with Gasteiger partial charge in [0, 0.05) is 25.7 Å². The first-order chi connectivity index (χ1) is 12.7. The van der Waals surface area contributed by atoms with Crippen LogP contribution in [0, 0.1) is 5.92 Å². The minimum Gasteiger partial charge on any atom is -0.497 e. The molecule has 2 aliphatic rings. The van der Waals surface area contributed by atoms with E-state index in [9.17, 15) is 0 Å². The van der Waals surface area contributed by atoms with Crippen molar-refractivity contribution < 1.29 is 4.74 Å². The van der Waals surface area contributed by atoms with Gasteiger partial charge in [-0.25, -0.2) is 0 Å². The maximum atomic E-state index is 6.34. The lowest BCUT2D eigenvalue weighted by Gasteiger charge is -2.39. The number of hydrogen-bond acceptors (Lipinski definition) is 3. The van der Waals surface area contributed by atoms with Crippen molar-refractivity contribution in [2.75, 3.05) is 40.3 Å². The first-order valence-electron chi connectivity index (χ1n) is 10.1. The fourth-order valence-corrected chi connectivity index (χ4v) is 4.39. The van der Waals surface area contributed by atoms with Gasteiger partial charge in [-0.15, -0.1) is 24.0 Å². The van der Waals surface area contributed by atoms with Gasteiger partial charge >= 0.3 is 0 Å². The van der Waals surface area contributed by atoms with Crippen LogP contribution in [0.1, 0.15) is 50.1 Å². The van der Waals surface area contributed by atoms with Crippen molar-refractivity contribution >= 4 is 29.9 Å². The number of nitrogens with two attached hydrogens (primary N) is 1. The van der Waals surface area contributed by atoms with Gasteiger partial charge < -0.3 is 15.4 Å². The van der Waals surface area contributed by atoms with Crippen molar-refractivity contribution in [2.45, 2.75) is 44.6 Å². The Morgan fingerprint density at radius 3 is 2.37 bits per heavy atom. The second-order valence-corrected chi connectivity index (χ2v) is 7.70. The monoisotopic (exact) mass is 486 g/mol. The number of ether oxygens (including phenoxy) is 1. The Balaban J connectivity index is 0.00000261. The number of benzene rings is 1. The molecule has 0 aromatic heterocycles. The SMILES string of the molecule is COc1ccc(C2C(CN=C(N)N3CCCCCC3)CCCN2C)cc1.I. The van der Waals surface area contributed by atoms with Crippen molar-refractivity contribution in [3.63, 3.8) is 0 Å². The summed E-state index contributed by atoms with van der Waals surface area (Å²) >= 11 is 0. The Morgan fingerprint density at radius 2 is 1.74 bits per heavy atom. The minimum absolute atomic E-state index is 0. The number of likely N-dealkylation sites (tertiary alicyclic amines) is 2. The molecule has 1 aromatic carbocycles. The van der Waals surface area contributed by atoms with Crippen molar-refractivity contribution in [3.8, 4) is 5.75 Å². The highest BCUT2D eigenvalue weighted by molar-refractivity contribution is 14.0. The molecule has 0 saturated carbocycles. The van der Waals surface area contributed by atoms with Crippen LogP contribution in [0.2, 0.25) is 0 Å². The summed E-state index contributed by atoms with van der Waals surface area (Å²) in [5.41, 5.74) is 7.69. The van der Waals surface area contributed by atoms with E-state index in [4.69, 9.17) is 15.5 Å². The van der Waals surface area contributed by atoms with E-state index in [1.54, 1.807) is 7.11 Å². The minimum atomic E-state index is 0. The third kappa shape index (κ3) is 5.98. The zero-order valence-electron chi connectivity index (χ0n) is 16.8. The molecule has 2 unspecified atom stereocenters. The third-order valence-electron chi connectivity index (χ3n) is 5.88. The van der Waals surface area contributed by atoms with Crippen LogP contribution in [-0.2, 0) is 0 Å². The molecule has 0 bridgehead atoms. The van der Waals surface area contributed by atoms with Crippen molar-refractivity contribution in [1.82, 2.24) is 9.80 Å². The summed E-state index contributed by atoms with van der Waals surface area (Å²) in [5, 5.41) is 0. The molecule has 2 saturated heterocycles. The molecule has 3 rings (SSSR count). The number of guanidine groups is 1. The van der Waals surface area contributed by atoms with Crippen LogP contribution in [0.4, 0.5) is 0 Å². The topological polar surface area (TPSA) is 54.1 Å². The van der Waals surface area contributed by atoms with Gasteiger partial charge in [0.25, 0.3) is 0 Å². The van der Waals surface area contributed by atoms with E-state index in [-0.39, 0.29) is 24.0 Å². The molecule has 6 heteroatoms. The van der Waals surface area contributed by atoms with Crippen LogP contribution in [0.3, 0.4) is 0 Å². The second kappa shape index (κ2) is 11.1. The molecule has 152 valence electrons. The van der Waals surface area contributed by atoms with Crippen molar-refractivity contribution in [2.24, 2.45) is 16.6 Å². The maximum Gasteiger partial charge on any atom is 0.191 e. The Hall–Kier alpha value is -1.02. The van der Waals surface area contributed by atoms with E-state index in [2.05, 4.69) is 41.1 Å². The molecule has 1 aromatic rings. The summed E-state index contributed by atoms with van der Waals surface area (Å²) in [6.45, 7) is 4.06. The van der Waals surface area contributed by atoms with Gasteiger partial charge in [0.1, 0.15) is 5.75 Å². The standard InChI is InChI=1S/C21H34N4O.HI/c1-24-13-7-8-18(20(24)17-9-11-19(26-2)12-10-17)16-23-21(22)25-14-5-3-4-6-15-25;/h9-12,18,20H,3-8,13-16H2,1-2H3,(H2,22,23);1H. The lowest BCUT2D eigenvalue weighted by molar-refractivity contribution is 0.125. The molecule has 2 atom stereocenters. The van der Waals surface area contributed by atoms with Gasteiger partial charge in [-0.05, 0) is 62.9 Å². The highest BCUT2D eigenvalue weighted by Crippen LogP contribution is 2.35. The highest BCUT2D eigenvalue weighted by Gasteiger charge is 2.30. The maximum absolute atomic E-state index is 6.34. The number of piperidine rings is 1. The number of aliphatic imine (C=N–C) groups is 1. The van der Waals surface area contributed by atoms with Crippen molar-refractivity contribution in [3.05, 3.63) is 29.8 Å². The highest BCUT2D eigenvalue weighted by atomic mass is 127. The molecular weight excluding hydrogens is 451 g/mol. The fourth-order valence-electron chi connectivity index (χ4n) is 4.39. The number of methoxy groups -OCH3 is 1. The molecule has 2 heterocycles. The second-order valence-electron chi connectivity index (χ2n) is 7.70. The lowest BCUT2D eigenvalue weighted by Crippen LogP contribution is -2.40. The van der Waals surface area contributed by atoms with Gasteiger partial charge in [-0.1, -0.05) is 25.0 Å². The summed E-state index contributed by atoms with van der Waals surface area (Å²) in [4.78, 5) is 9.57. The molecule has 2 N–H and O–H groups in total. The van der Waals surface area contributed by atoms with Crippen molar-refractivity contribution in [1.29, 1.82) is 0 Å². The smallest absolute Gasteiger partial charge is 0.191 e. The van der Waals surface area contributed by atoms with Crippen LogP contribution in [-0.4, -0.2) is 56.1 Å². The van der Waals surface area contributed by atoms with Crippen LogP contribution in [0.15, 0.2) is 29.3 Å². The normalized spacial score (nSPS) is 24.8. The van der Waals surface area contributed by atoms with Crippen LogP contribution < -0.4 is 10.5 Å². The molecule has 0 radical (unpaired) electrons. The van der Waals surface area contributed by atoms with E-state index >= 15 is 0 Å². The summed E-state index contributed by atoms with van der Waals surface area (Å²) < 4.78 is 5.31. The van der Waals surface area contributed by atoms with Crippen LogP contribution in [0.5, 0.6) is 5.75 Å². The zero-order chi connectivity index (χ0) is 18.4. The van der Waals surface area contributed by atoms with E-state index in [1.807, 2.05) is 0 Å². The van der Waals surface area contributed by atoms with Crippen LogP contribution in [0.25, 0.3) is 0 Å². The summed E-state index contributed by atoms with van der Waals surface area (Å²) in [5.74, 6) is 2.16. The Bertz CT molecular complexity index is 584. The Morgan fingerprint density at radius 1 is 1.07 bits per heavy atom. The fraction of sp³-hybridized carbons (Fsp3) is 0.667. The molecular formula is C21H35IN4O. The summed E-state index contributed by atoms with van der Waals surface area (Å²) in [6, 6.07) is 8.91. The predicted octanol–water partition coefficient (Wildman–Crippen LogP) is 3.89. The van der Waals surface area contributed by atoms with E-state index in [0.29, 0.717) is 12.0 Å². The quantitative estimate of drug-likeness (QED) is 0.399. The average molecular weight is 486 g/mol. The summed E-state index contributed by atoms with van der Waals surface area (Å²) in [7, 11) is 3.94. The number of hydrogen-bond donors (Lipinski definition) is 1. The molecule has 0 spiro atoms. The summed E-state index contributed by atoms with van der Waals surface area (Å²) in [6.07, 6.45) is 7.53. The molecule has 2 fully saturated rings. The van der Waals surface area contributed by atoms with E-state index < -0.39 is 0 Å². The lowest BCUT2D eigenvalue weighted by atomic mass is 9.85. The number of nitrogens with zero attached hydrogens (tertiary/aromatic N) is 3. The molecule has 2 aliphatic heterocycles. The first kappa shape index (κ1) is 22.3. The molecule has 0 amide bonds. The number of halogens is 1. The van der Waals surface area contributed by atoms with E-state index in [0.717, 1.165) is 37.9 Å². The number of rotatable bonds is 4. The predicted molar refractivity (Wildman–Crippen MR) is 123 cm³/mol. The third-order valence-corrected chi connectivity index (χ3v) is 5.88. The van der Waals surface area contributed by atoms with Gasteiger partial charge in [-0.2, -0.15) is 0 Å². The molecule has 27 heavy (non-hydrogen) atoms. The average Bonchev–Trinajstić information content (AvgIpc) is 2.96. The Kier molecular flexibility index (Phi) is 9.15. The molecule has 0 aliphatic carbocycles. The molecule has 5 nitrogen and oxygen atoms in total. The van der Waals surface area contributed by atoms with Gasteiger partial charge in [0.2, 0.25) is 0 Å². The van der Waals surface area contributed by atoms with Gasteiger partial charge in [0.15, 0.2) is 5.96 Å². The van der Waals surface area contributed by atoms with Gasteiger partial charge in [0.05, 0.1) is 7.11 Å². The van der Waals surface area contributed by atoms with Gasteiger partial charge in [-0.3, -0.25) is 9.89 Å². The largest absolute Gasteiger partial charge is 0.497 e. The van der Waals surface area contributed by atoms with Crippen LogP contribution >= 0.6 is 24.0 Å². The first-order valence-corrected chi connectivity index (χ1v) is 10.1. The van der Waals surface area contributed by atoms with E-state index in [1.165, 1.54) is 44.1 Å². The Labute approximate surface area is 181 Å².